The number of hydrogen-bond donors (Lipinski definition) is 1. The first kappa shape index (κ1) is 29.9. The summed E-state index contributed by atoms with van der Waals surface area (Å²) in [5, 5.41) is 7.74. The first-order valence-corrected chi connectivity index (χ1v) is 11.8. The molecular formula is C23H33BrClF3N2O. The Morgan fingerprint density at radius 1 is 1.26 bits per heavy atom. The van der Waals surface area contributed by atoms with Crippen molar-refractivity contribution in [3.8, 4) is 0 Å². The summed E-state index contributed by atoms with van der Waals surface area (Å²) in [5.41, 5.74) is 1.57. The zero-order chi connectivity index (χ0) is 24.0. The summed E-state index contributed by atoms with van der Waals surface area (Å²) in [5.74, 6) is 1.81. The van der Waals surface area contributed by atoms with Gasteiger partial charge in [-0.25, -0.2) is 0 Å². The second-order valence-corrected chi connectivity index (χ2v) is 7.22. The highest BCUT2D eigenvalue weighted by atomic mass is 79.9. The number of nitrogens with zero attached hydrogens (tertiary/aromatic N) is 2. The predicted octanol–water partition coefficient (Wildman–Crippen LogP) is 6.18. The van der Waals surface area contributed by atoms with Crippen molar-refractivity contribution < 1.29 is 18.3 Å². The topological polar surface area (TPSA) is 26.7 Å². The molecule has 0 radical (unpaired) electrons. The maximum atomic E-state index is 13.0. The van der Waals surface area contributed by atoms with Crippen LogP contribution in [0.1, 0.15) is 24.1 Å². The smallest absolute Gasteiger partial charge is 0.400 e. The first-order chi connectivity index (χ1) is 14.7. The lowest BCUT2D eigenvalue weighted by Crippen LogP contribution is -2.46. The lowest BCUT2D eigenvalue weighted by Gasteiger charge is -2.39. The van der Waals surface area contributed by atoms with Crippen molar-refractivity contribution in [3.63, 3.8) is 0 Å². The molecule has 176 valence electrons. The lowest BCUT2D eigenvalue weighted by molar-refractivity contribution is -0.0882. The molecule has 1 aromatic rings. The molecule has 1 N–H and O–H groups in total. The SMILES string of the molecule is CBr.CO.C\C=C/C=C(\C=C\CN1CCN(C)C(c2ccc(Cl)c(C)c2)C1)C(F)(F)F. The summed E-state index contributed by atoms with van der Waals surface area (Å²) in [6, 6.07) is 6.21. The zero-order valence-electron chi connectivity index (χ0n) is 18.8. The fourth-order valence-corrected chi connectivity index (χ4v) is 3.22. The molecule has 1 aromatic carbocycles. The summed E-state index contributed by atoms with van der Waals surface area (Å²) in [6.45, 7) is 6.61. The maximum Gasteiger partial charge on any atom is 0.416 e. The van der Waals surface area contributed by atoms with Crippen LogP contribution in [-0.2, 0) is 0 Å². The molecular weight excluding hydrogens is 493 g/mol. The summed E-state index contributed by atoms with van der Waals surface area (Å²) < 4.78 is 39.1. The predicted molar refractivity (Wildman–Crippen MR) is 129 cm³/mol. The molecule has 1 fully saturated rings. The Kier molecular flexibility index (Phi) is 15.1. The Bertz CT molecular complexity index is 736. The average molecular weight is 526 g/mol. The molecule has 2 rings (SSSR count). The molecule has 1 saturated heterocycles. The van der Waals surface area contributed by atoms with E-state index in [4.69, 9.17) is 16.7 Å². The molecule has 0 bridgehead atoms. The van der Waals surface area contributed by atoms with E-state index in [0.29, 0.717) is 6.54 Å². The van der Waals surface area contributed by atoms with Crippen LogP contribution < -0.4 is 0 Å². The molecule has 0 spiro atoms. The highest BCUT2D eigenvalue weighted by molar-refractivity contribution is 9.08. The number of piperazine rings is 1. The number of rotatable bonds is 5. The van der Waals surface area contributed by atoms with Crippen molar-refractivity contribution in [2.45, 2.75) is 26.1 Å². The van der Waals surface area contributed by atoms with Gasteiger partial charge in [0, 0.05) is 44.4 Å². The molecule has 3 nitrogen and oxygen atoms in total. The van der Waals surface area contributed by atoms with Gasteiger partial charge in [0.15, 0.2) is 0 Å². The summed E-state index contributed by atoms with van der Waals surface area (Å²) in [6.07, 6.45) is 2.50. The second-order valence-electron chi connectivity index (χ2n) is 6.81. The summed E-state index contributed by atoms with van der Waals surface area (Å²) in [4.78, 5) is 4.45. The number of allylic oxidation sites excluding steroid dienone is 5. The van der Waals surface area contributed by atoms with Gasteiger partial charge in [-0.2, -0.15) is 13.2 Å². The molecule has 1 heterocycles. The number of benzene rings is 1. The molecule has 0 amide bonds. The van der Waals surface area contributed by atoms with E-state index in [9.17, 15) is 13.2 Å². The van der Waals surface area contributed by atoms with E-state index in [2.05, 4.69) is 38.8 Å². The quantitative estimate of drug-likeness (QED) is 0.367. The number of alkyl halides is 4. The molecule has 0 aliphatic carbocycles. The first-order valence-electron chi connectivity index (χ1n) is 9.80. The van der Waals surface area contributed by atoms with Gasteiger partial charge in [-0.05, 0) is 43.9 Å². The van der Waals surface area contributed by atoms with E-state index in [-0.39, 0.29) is 6.04 Å². The fraction of sp³-hybridized carbons (Fsp3) is 0.478. The van der Waals surface area contributed by atoms with Crippen molar-refractivity contribution in [2.75, 3.05) is 46.2 Å². The molecule has 0 aromatic heterocycles. The van der Waals surface area contributed by atoms with E-state index in [0.717, 1.165) is 43.4 Å². The van der Waals surface area contributed by atoms with Crippen LogP contribution in [-0.4, -0.2) is 67.3 Å². The van der Waals surface area contributed by atoms with Gasteiger partial charge in [0.25, 0.3) is 0 Å². The number of likely N-dealkylation sites (N-methyl/N-ethyl adjacent to an activating group) is 1. The molecule has 0 saturated carbocycles. The average Bonchev–Trinajstić information content (AvgIpc) is 2.75. The van der Waals surface area contributed by atoms with Gasteiger partial charge >= 0.3 is 6.18 Å². The van der Waals surface area contributed by atoms with Gasteiger partial charge in [0.2, 0.25) is 0 Å². The van der Waals surface area contributed by atoms with Crippen LogP contribution in [0.2, 0.25) is 5.02 Å². The van der Waals surface area contributed by atoms with Gasteiger partial charge in [-0.3, -0.25) is 9.80 Å². The van der Waals surface area contributed by atoms with Crippen LogP contribution in [0, 0.1) is 6.92 Å². The second kappa shape index (κ2) is 15.6. The maximum absolute atomic E-state index is 13.0. The van der Waals surface area contributed by atoms with E-state index >= 15 is 0 Å². The number of hydrogen-bond acceptors (Lipinski definition) is 3. The number of aliphatic hydroxyl groups is 1. The Morgan fingerprint density at radius 2 is 1.90 bits per heavy atom. The normalized spacial score (nSPS) is 18.5. The van der Waals surface area contributed by atoms with E-state index in [1.807, 2.05) is 24.9 Å². The monoisotopic (exact) mass is 524 g/mol. The summed E-state index contributed by atoms with van der Waals surface area (Å²) >= 11 is 9.06. The van der Waals surface area contributed by atoms with Crippen LogP contribution in [0.25, 0.3) is 0 Å². The van der Waals surface area contributed by atoms with E-state index < -0.39 is 11.7 Å². The third-order valence-electron chi connectivity index (χ3n) is 4.76. The van der Waals surface area contributed by atoms with E-state index in [1.165, 1.54) is 17.7 Å². The van der Waals surface area contributed by atoms with Gasteiger partial charge in [0.05, 0.1) is 5.57 Å². The lowest BCUT2D eigenvalue weighted by atomic mass is 10.0. The van der Waals surface area contributed by atoms with Gasteiger partial charge in [-0.1, -0.05) is 70.0 Å². The molecule has 1 aliphatic heterocycles. The minimum Gasteiger partial charge on any atom is -0.400 e. The van der Waals surface area contributed by atoms with Crippen LogP contribution in [0.5, 0.6) is 0 Å². The largest absolute Gasteiger partial charge is 0.416 e. The molecule has 8 heteroatoms. The van der Waals surface area contributed by atoms with Crippen molar-refractivity contribution in [1.82, 2.24) is 9.80 Å². The Hall–Kier alpha value is -1.12. The van der Waals surface area contributed by atoms with Crippen LogP contribution in [0.3, 0.4) is 0 Å². The van der Waals surface area contributed by atoms with Crippen LogP contribution in [0.15, 0.2) is 54.2 Å². The summed E-state index contributed by atoms with van der Waals surface area (Å²) in [7, 11) is 3.07. The van der Waals surface area contributed by atoms with Gasteiger partial charge < -0.3 is 5.11 Å². The Morgan fingerprint density at radius 3 is 2.45 bits per heavy atom. The number of halogens is 5. The van der Waals surface area contributed by atoms with Crippen molar-refractivity contribution in [3.05, 3.63) is 70.3 Å². The number of aliphatic hydroxyl groups excluding tert-OH is 1. The molecule has 31 heavy (non-hydrogen) atoms. The van der Waals surface area contributed by atoms with Crippen molar-refractivity contribution >= 4 is 27.5 Å². The zero-order valence-corrected chi connectivity index (χ0v) is 21.1. The molecule has 1 unspecified atom stereocenters. The Labute approximate surface area is 198 Å². The van der Waals surface area contributed by atoms with Crippen LogP contribution >= 0.6 is 27.5 Å². The minimum atomic E-state index is -4.35. The van der Waals surface area contributed by atoms with Crippen molar-refractivity contribution in [2.24, 2.45) is 0 Å². The third kappa shape index (κ3) is 10.4. The van der Waals surface area contributed by atoms with Crippen LogP contribution in [0.4, 0.5) is 13.2 Å². The van der Waals surface area contributed by atoms with Gasteiger partial charge in [0.1, 0.15) is 0 Å². The van der Waals surface area contributed by atoms with Gasteiger partial charge in [-0.15, -0.1) is 0 Å². The van der Waals surface area contributed by atoms with Crippen molar-refractivity contribution in [1.29, 1.82) is 0 Å². The molecule has 1 atom stereocenters. The number of aryl methyl sites for hydroxylation is 1. The fourth-order valence-electron chi connectivity index (χ4n) is 3.10. The molecule has 1 aliphatic rings. The Balaban J connectivity index is 0.00000212. The standard InChI is InChI=1S/C21H26ClF3N2.CH3Br.CH4O/c1-4-5-7-18(21(23,24)25)8-6-11-27-13-12-26(3)20(15-27)17-9-10-19(22)16(2)14-17;2*1-2/h4-10,14,20H,11-13,15H2,1-3H3;1H3;2H,1H3/b5-4-,8-6+,18-7+;;. The highest BCUT2D eigenvalue weighted by Gasteiger charge is 2.31. The minimum absolute atomic E-state index is 0.198. The highest BCUT2D eigenvalue weighted by Crippen LogP contribution is 2.28. The third-order valence-corrected chi connectivity index (χ3v) is 5.18. The van der Waals surface area contributed by atoms with E-state index in [1.54, 1.807) is 19.1 Å².